The van der Waals surface area contributed by atoms with Crippen LogP contribution < -0.4 is 10.6 Å². The Morgan fingerprint density at radius 3 is 2.44 bits per heavy atom. The number of rotatable bonds is 4. The molecule has 2 N–H and O–H groups in total. The van der Waals surface area contributed by atoms with E-state index in [9.17, 15) is 4.79 Å². The van der Waals surface area contributed by atoms with Crippen molar-refractivity contribution in [2.75, 3.05) is 5.32 Å². The molecule has 0 atom stereocenters. The molecule has 0 aliphatic heterocycles. The summed E-state index contributed by atoms with van der Waals surface area (Å²) in [6.45, 7) is 4.15. The number of benzene rings is 2. The number of para-hydroxylation sites is 1. The average Bonchev–Trinajstić information content (AvgIpc) is 3.13. The molecule has 2 aromatic carbocycles. The number of nitrogens with one attached hydrogen (secondary N) is 2. The first kappa shape index (κ1) is 17.5. The molecular formula is C23H25N3O. The van der Waals surface area contributed by atoms with Gasteiger partial charge in [-0.3, -0.25) is 4.79 Å². The van der Waals surface area contributed by atoms with Gasteiger partial charge in [0.25, 0.3) is 5.91 Å². The molecule has 0 saturated heterocycles. The minimum absolute atomic E-state index is 0.0102. The van der Waals surface area contributed by atoms with Crippen molar-refractivity contribution in [2.45, 2.75) is 45.6 Å². The fraction of sp³-hybridized carbons (Fsp3) is 0.304. The average molecular weight is 359 g/mol. The Balaban J connectivity index is 1.70. The third kappa shape index (κ3) is 3.95. The van der Waals surface area contributed by atoms with Crippen LogP contribution in [0.25, 0.3) is 10.9 Å². The summed E-state index contributed by atoms with van der Waals surface area (Å²) in [7, 11) is 0. The molecule has 0 bridgehead atoms. The second-order valence-corrected chi connectivity index (χ2v) is 7.53. The number of hydrogen-bond acceptors (Lipinski definition) is 3. The molecule has 4 nitrogen and oxygen atoms in total. The SMILES string of the molecule is Cc1cc(C)cc(Nc2cc(C(=O)NC3CCCC3)c3ccccc3n2)c1. The molecule has 1 heterocycles. The number of nitrogens with zero attached hydrogens (tertiary/aromatic N) is 1. The molecule has 1 fully saturated rings. The Morgan fingerprint density at radius 1 is 1.00 bits per heavy atom. The number of carbonyl (C=O) groups is 1. The zero-order chi connectivity index (χ0) is 18.8. The molecule has 4 heteroatoms. The zero-order valence-corrected chi connectivity index (χ0v) is 15.9. The predicted molar refractivity (Wildman–Crippen MR) is 111 cm³/mol. The Labute approximate surface area is 160 Å². The van der Waals surface area contributed by atoms with E-state index in [-0.39, 0.29) is 5.91 Å². The normalized spacial score (nSPS) is 14.4. The van der Waals surface area contributed by atoms with Gasteiger partial charge in [-0.05, 0) is 62.1 Å². The summed E-state index contributed by atoms with van der Waals surface area (Å²) in [5.74, 6) is 0.680. The summed E-state index contributed by atoms with van der Waals surface area (Å²) >= 11 is 0. The van der Waals surface area contributed by atoms with Crippen LogP contribution in [0.1, 0.15) is 47.2 Å². The molecule has 1 aliphatic rings. The summed E-state index contributed by atoms with van der Waals surface area (Å²) in [4.78, 5) is 17.7. The second kappa shape index (κ2) is 7.39. The Bertz CT molecular complexity index is 970. The predicted octanol–water partition coefficient (Wildman–Crippen LogP) is 5.27. The highest BCUT2D eigenvalue weighted by atomic mass is 16.1. The summed E-state index contributed by atoms with van der Waals surface area (Å²) in [5.41, 5.74) is 4.87. The van der Waals surface area contributed by atoms with Crippen molar-refractivity contribution in [2.24, 2.45) is 0 Å². The molecule has 3 aromatic rings. The van der Waals surface area contributed by atoms with Crippen LogP contribution in [0.2, 0.25) is 0 Å². The van der Waals surface area contributed by atoms with Crippen molar-refractivity contribution in [3.05, 3.63) is 65.2 Å². The number of pyridine rings is 1. The first-order valence-electron chi connectivity index (χ1n) is 9.64. The van der Waals surface area contributed by atoms with E-state index in [1.807, 2.05) is 30.3 Å². The van der Waals surface area contributed by atoms with Gasteiger partial charge in [-0.15, -0.1) is 0 Å². The number of anilines is 2. The van der Waals surface area contributed by atoms with E-state index in [0.717, 1.165) is 29.4 Å². The minimum Gasteiger partial charge on any atom is -0.349 e. The lowest BCUT2D eigenvalue weighted by atomic mass is 10.1. The number of fused-ring (bicyclic) bond motifs is 1. The molecule has 0 radical (unpaired) electrons. The van der Waals surface area contributed by atoms with Crippen LogP contribution in [-0.4, -0.2) is 16.9 Å². The molecule has 0 unspecified atom stereocenters. The van der Waals surface area contributed by atoms with E-state index in [4.69, 9.17) is 4.98 Å². The van der Waals surface area contributed by atoms with Crippen LogP contribution in [0, 0.1) is 13.8 Å². The van der Waals surface area contributed by atoms with E-state index in [1.165, 1.54) is 24.0 Å². The third-order valence-corrected chi connectivity index (χ3v) is 5.15. The fourth-order valence-electron chi connectivity index (χ4n) is 3.96. The molecule has 138 valence electrons. The number of amides is 1. The molecule has 1 saturated carbocycles. The lowest BCUT2D eigenvalue weighted by Crippen LogP contribution is -2.32. The fourth-order valence-corrected chi connectivity index (χ4v) is 3.96. The summed E-state index contributed by atoms with van der Waals surface area (Å²) in [5, 5.41) is 7.47. The number of carbonyl (C=O) groups excluding carboxylic acids is 1. The summed E-state index contributed by atoms with van der Waals surface area (Å²) in [6.07, 6.45) is 4.54. The molecule has 1 aromatic heterocycles. The van der Waals surface area contributed by atoms with Gasteiger partial charge in [-0.1, -0.05) is 37.1 Å². The number of aromatic nitrogens is 1. The molecular weight excluding hydrogens is 334 g/mol. The van der Waals surface area contributed by atoms with E-state index in [2.05, 4.69) is 42.7 Å². The van der Waals surface area contributed by atoms with E-state index < -0.39 is 0 Å². The topological polar surface area (TPSA) is 54.0 Å². The molecule has 1 amide bonds. The van der Waals surface area contributed by atoms with Crippen LogP contribution in [0.15, 0.2) is 48.5 Å². The van der Waals surface area contributed by atoms with Crippen LogP contribution in [-0.2, 0) is 0 Å². The van der Waals surface area contributed by atoms with Gasteiger partial charge in [0.15, 0.2) is 0 Å². The maximum Gasteiger partial charge on any atom is 0.252 e. The van der Waals surface area contributed by atoms with Gasteiger partial charge >= 0.3 is 0 Å². The molecule has 27 heavy (non-hydrogen) atoms. The molecule has 1 aliphatic carbocycles. The smallest absolute Gasteiger partial charge is 0.252 e. The van der Waals surface area contributed by atoms with Gasteiger partial charge < -0.3 is 10.6 Å². The lowest BCUT2D eigenvalue weighted by Gasteiger charge is -2.15. The van der Waals surface area contributed by atoms with Crippen molar-refractivity contribution in [1.29, 1.82) is 0 Å². The number of hydrogen-bond donors (Lipinski definition) is 2. The largest absolute Gasteiger partial charge is 0.349 e. The maximum absolute atomic E-state index is 13.0. The van der Waals surface area contributed by atoms with Crippen molar-refractivity contribution < 1.29 is 4.79 Å². The van der Waals surface area contributed by atoms with Crippen LogP contribution in [0.3, 0.4) is 0 Å². The van der Waals surface area contributed by atoms with Gasteiger partial charge in [0.2, 0.25) is 0 Å². The first-order valence-corrected chi connectivity index (χ1v) is 9.64. The van der Waals surface area contributed by atoms with Gasteiger partial charge in [-0.2, -0.15) is 0 Å². The van der Waals surface area contributed by atoms with Gasteiger partial charge in [0.1, 0.15) is 5.82 Å². The van der Waals surface area contributed by atoms with Crippen LogP contribution in [0.4, 0.5) is 11.5 Å². The quantitative estimate of drug-likeness (QED) is 0.667. The summed E-state index contributed by atoms with van der Waals surface area (Å²) in [6, 6.07) is 16.3. The highest BCUT2D eigenvalue weighted by Gasteiger charge is 2.20. The second-order valence-electron chi connectivity index (χ2n) is 7.53. The van der Waals surface area contributed by atoms with Crippen molar-refractivity contribution in [3.8, 4) is 0 Å². The summed E-state index contributed by atoms with van der Waals surface area (Å²) < 4.78 is 0. The zero-order valence-electron chi connectivity index (χ0n) is 15.9. The first-order chi connectivity index (χ1) is 13.1. The van der Waals surface area contributed by atoms with Gasteiger partial charge in [0, 0.05) is 17.1 Å². The third-order valence-electron chi connectivity index (χ3n) is 5.15. The highest BCUT2D eigenvalue weighted by Crippen LogP contribution is 2.25. The van der Waals surface area contributed by atoms with Gasteiger partial charge in [0.05, 0.1) is 11.1 Å². The molecule has 4 rings (SSSR count). The van der Waals surface area contributed by atoms with Crippen molar-refractivity contribution in [3.63, 3.8) is 0 Å². The van der Waals surface area contributed by atoms with Gasteiger partial charge in [-0.25, -0.2) is 4.98 Å². The molecule has 0 spiro atoms. The van der Waals surface area contributed by atoms with Crippen LogP contribution in [0.5, 0.6) is 0 Å². The minimum atomic E-state index is -0.0102. The standard InChI is InChI=1S/C23H25N3O/c1-15-11-16(2)13-18(12-15)24-22-14-20(19-9-5-6-10-21(19)26-22)23(27)25-17-7-3-4-8-17/h5-6,9-14,17H,3-4,7-8H2,1-2H3,(H,24,26)(H,25,27). The van der Waals surface area contributed by atoms with E-state index >= 15 is 0 Å². The monoisotopic (exact) mass is 359 g/mol. The Kier molecular flexibility index (Phi) is 4.80. The number of aryl methyl sites for hydroxylation is 2. The lowest BCUT2D eigenvalue weighted by molar-refractivity contribution is 0.0939. The van der Waals surface area contributed by atoms with Crippen LogP contribution >= 0.6 is 0 Å². The van der Waals surface area contributed by atoms with Crippen molar-refractivity contribution >= 4 is 28.3 Å². The maximum atomic E-state index is 13.0. The highest BCUT2D eigenvalue weighted by molar-refractivity contribution is 6.07. The van der Waals surface area contributed by atoms with Crippen molar-refractivity contribution in [1.82, 2.24) is 10.3 Å². The Hall–Kier alpha value is -2.88. The van der Waals surface area contributed by atoms with E-state index in [0.29, 0.717) is 17.4 Å². The Morgan fingerprint density at radius 2 is 1.70 bits per heavy atom. The van der Waals surface area contributed by atoms with E-state index in [1.54, 1.807) is 0 Å².